The molecule has 0 aliphatic carbocycles. The molecule has 2 rings (SSSR count). The van der Waals surface area contributed by atoms with Crippen LogP contribution in [0.4, 0.5) is 0 Å². The highest BCUT2D eigenvalue weighted by Gasteiger charge is 2.30. The zero-order chi connectivity index (χ0) is 14.7. The highest BCUT2D eigenvalue weighted by atomic mass is 16.3. The van der Waals surface area contributed by atoms with E-state index in [2.05, 4.69) is 0 Å². The third-order valence-electron chi connectivity index (χ3n) is 3.59. The lowest BCUT2D eigenvalue weighted by Gasteiger charge is -2.34. The number of β-amino-alcohol motifs (C(OH)–C–C–N with tert-alkyl or cyclic N) is 1. The quantitative estimate of drug-likeness (QED) is 0.881. The number of aliphatic hydroxyl groups is 1. The molecule has 1 saturated heterocycles. The average Bonchev–Trinajstić information content (AvgIpc) is 2.43. The molecule has 0 saturated carbocycles. The number of benzene rings is 1. The molecule has 0 spiro atoms. The Labute approximate surface area is 118 Å². The van der Waals surface area contributed by atoms with Crippen LogP contribution < -0.4 is 0 Å². The summed E-state index contributed by atoms with van der Waals surface area (Å²) in [4.78, 5) is 26.7. The summed E-state index contributed by atoms with van der Waals surface area (Å²) >= 11 is 0. The van der Waals surface area contributed by atoms with Gasteiger partial charge in [0, 0.05) is 6.54 Å². The van der Waals surface area contributed by atoms with Gasteiger partial charge in [0.05, 0.1) is 25.7 Å². The molecule has 5 nitrogen and oxygen atoms in total. The van der Waals surface area contributed by atoms with Crippen LogP contribution in [0.3, 0.4) is 0 Å². The molecule has 20 heavy (non-hydrogen) atoms. The molecule has 1 aromatic carbocycles. The summed E-state index contributed by atoms with van der Waals surface area (Å²) in [6.45, 7) is 4.68. The van der Waals surface area contributed by atoms with E-state index in [0.717, 1.165) is 11.1 Å². The van der Waals surface area contributed by atoms with Crippen molar-refractivity contribution in [3.8, 4) is 0 Å². The van der Waals surface area contributed by atoms with Crippen molar-refractivity contribution in [3.63, 3.8) is 0 Å². The van der Waals surface area contributed by atoms with Gasteiger partial charge in [-0.15, -0.1) is 0 Å². The second-order valence-corrected chi connectivity index (χ2v) is 5.11. The number of hydrogen-bond donors (Lipinski definition) is 1. The van der Waals surface area contributed by atoms with Gasteiger partial charge in [-0.2, -0.15) is 0 Å². The van der Waals surface area contributed by atoms with Crippen molar-refractivity contribution in [3.05, 3.63) is 35.4 Å². The molecule has 1 atom stereocenters. The van der Waals surface area contributed by atoms with Crippen molar-refractivity contribution in [1.29, 1.82) is 0 Å². The molecule has 1 aliphatic rings. The van der Waals surface area contributed by atoms with Gasteiger partial charge in [-0.1, -0.05) is 29.8 Å². The van der Waals surface area contributed by atoms with Gasteiger partial charge < -0.3 is 14.9 Å². The summed E-state index contributed by atoms with van der Waals surface area (Å²) in [6.07, 6.45) is -0.763. The molecule has 1 aromatic rings. The molecule has 0 radical (unpaired) electrons. The van der Waals surface area contributed by atoms with E-state index < -0.39 is 6.10 Å². The Morgan fingerprint density at radius 3 is 2.25 bits per heavy atom. The number of carbonyl (C=O) groups excluding carboxylic acids is 2. The van der Waals surface area contributed by atoms with Crippen molar-refractivity contribution in [1.82, 2.24) is 9.80 Å². The summed E-state index contributed by atoms with van der Waals surface area (Å²) in [5.41, 5.74) is 1.87. The van der Waals surface area contributed by atoms with Crippen LogP contribution in [-0.4, -0.2) is 52.9 Å². The van der Waals surface area contributed by atoms with E-state index in [9.17, 15) is 14.7 Å². The third kappa shape index (κ3) is 3.17. The molecule has 0 aromatic heterocycles. The number of nitrogens with zero attached hydrogens (tertiary/aromatic N) is 2. The van der Waals surface area contributed by atoms with E-state index in [1.165, 1.54) is 9.80 Å². The largest absolute Gasteiger partial charge is 0.387 e. The number of likely N-dealkylation sites (N-methyl/N-ethyl adjacent to an activating group) is 1. The predicted molar refractivity (Wildman–Crippen MR) is 75.0 cm³/mol. The maximum atomic E-state index is 12.0. The molecule has 1 N–H and O–H groups in total. The number of piperazine rings is 1. The van der Waals surface area contributed by atoms with Crippen LogP contribution >= 0.6 is 0 Å². The summed E-state index contributed by atoms with van der Waals surface area (Å²) in [5.74, 6) is -0.180. The van der Waals surface area contributed by atoms with Crippen molar-refractivity contribution >= 4 is 11.8 Å². The zero-order valence-electron chi connectivity index (χ0n) is 11.9. The van der Waals surface area contributed by atoms with E-state index in [1.807, 2.05) is 38.1 Å². The molecule has 1 unspecified atom stereocenters. The van der Waals surface area contributed by atoms with Crippen molar-refractivity contribution in [2.75, 3.05) is 26.2 Å². The Kier molecular flexibility index (Phi) is 4.39. The molecule has 2 amide bonds. The maximum absolute atomic E-state index is 12.0. The van der Waals surface area contributed by atoms with E-state index >= 15 is 0 Å². The van der Waals surface area contributed by atoms with Crippen LogP contribution in [-0.2, 0) is 9.59 Å². The first-order valence-corrected chi connectivity index (χ1v) is 6.81. The Morgan fingerprint density at radius 2 is 1.65 bits per heavy atom. The SMILES string of the molecule is CCN1CC(=O)N(CC(O)c2ccc(C)cc2)CC1=O. The monoisotopic (exact) mass is 276 g/mol. The molecule has 1 fully saturated rings. The van der Waals surface area contributed by atoms with Crippen molar-refractivity contribution < 1.29 is 14.7 Å². The highest BCUT2D eigenvalue weighted by Crippen LogP contribution is 2.16. The lowest BCUT2D eigenvalue weighted by molar-refractivity contribution is -0.151. The lowest BCUT2D eigenvalue weighted by Crippen LogP contribution is -2.54. The third-order valence-corrected chi connectivity index (χ3v) is 3.59. The minimum absolute atomic E-state index is 0.0512. The predicted octanol–water partition coefficient (Wildman–Crippen LogP) is 0.719. The van der Waals surface area contributed by atoms with E-state index in [4.69, 9.17) is 0 Å². The van der Waals surface area contributed by atoms with Gasteiger partial charge in [-0.3, -0.25) is 9.59 Å². The summed E-state index contributed by atoms with van der Waals surface area (Å²) in [5, 5.41) is 10.2. The van der Waals surface area contributed by atoms with Gasteiger partial charge >= 0.3 is 0 Å². The second-order valence-electron chi connectivity index (χ2n) is 5.11. The molecule has 108 valence electrons. The molecular formula is C15H20N2O3. The first-order valence-electron chi connectivity index (χ1n) is 6.81. The fourth-order valence-electron chi connectivity index (χ4n) is 2.26. The first-order chi connectivity index (χ1) is 9.51. The van der Waals surface area contributed by atoms with Crippen LogP contribution in [0.5, 0.6) is 0 Å². The molecule has 0 bridgehead atoms. The van der Waals surface area contributed by atoms with Gasteiger partial charge in [0.25, 0.3) is 0 Å². The van der Waals surface area contributed by atoms with E-state index in [-0.39, 0.29) is 31.4 Å². The topological polar surface area (TPSA) is 60.9 Å². The Bertz CT molecular complexity index is 498. The van der Waals surface area contributed by atoms with Crippen molar-refractivity contribution in [2.45, 2.75) is 20.0 Å². The summed E-state index contributed by atoms with van der Waals surface area (Å²) in [7, 11) is 0. The Balaban J connectivity index is 2.01. The number of aryl methyl sites for hydroxylation is 1. The number of aliphatic hydroxyl groups excluding tert-OH is 1. The Hall–Kier alpha value is -1.88. The molecule has 1 aliphatic heterocycles. The maximum Gasteiger partial charge on any atom is 0.242 e. The van der Waals surface area contributed by atoms with E-state index in [0.29, 0.717) is 6.54 Å². The zero-order valence-corrected chi connectivity index (χ0v) is 11.9. The van der Waals surface area contributed by atoms with Crippen molar-refractivity contribution in [2.24, 2.45) is 0 Å². The second kappa shape index (κ2) is 6.05. The average molecular weight is 276 g/mol. The summed E-state index contributed by atoms with van der Waals surface area (Å²) in [6, 6.07) is 7.52. The van der Waals surface area contributed by atoms with E-state index in [1.54, 1.807) is 0 Å². The summed E-state index contributed by atoms with van der Waals surface area (Å²) < 4.78 is 0. The van der Waals surface area contributed by atoms with Crippen LogP contribution in [0, 0.1) is 6.92 Å². The normalized spacial score (nSPS) is 17.6. The lowest BCUT2D eigenvalue weighted by atomic mass is 10.1. The smallest absolute Gasteiger partial charge is 0.242 e. The van der Waals surface area contributed by atoms with Gasteiger partial charge in [0.1, 0.15) is 0 Å². The minimum Gasteiger partial charge on any atom is -0.387 e. The number of carbonyl (C=O) groups is 2. The fraction of sp³-hybridized carbons (Fsp3) is 0.467. The molecule has 1 heterocycles. The highest BCUT2D eigenvalue weighted by molar-refractivity contribution is 5.92. The molecule has 5 heteroatoms. The van der Waals surface area contributed by atoms with Crippen LogP contribution in [0.2, 0.25) is 0 Å². The standard InChI is InChI=1S/C15H20N2O3/c1-3-16-9-15(20)17(10-14(16)19)8-13(18)12-6-4-11(2)5-7-12/h4-7,13,18H,3,8-10H2,1-2H3. The van der Waals surface area contributed by atoms with Crippen LogP contribution in [0.25, 0.3) is 0 Å². The van der Waals surface area contributed by atoms with Gasteiger partial charge in [-0.25, -0.2) is 0 Å². The number of amides is 2. The van der Waals surface area contributed by atoms with Gasteiger partial charge in [-0.05, 0) is 19.4 Å². The number of hydrogen-bond acceptors (Lipinski definition) is 3. The van der Waals surface area contributed by atoms with Gasteiger partial charge in [0.15, 0.2) is 0 Å². The Morgan fingerprint density at radius 1 is 1.10 bits per heavy atom. The minimum atomic E-state index is -0.763. The van der Waals surface area contributed by atoms with Gasteiger partial charge in [0.2, 0.25) is 11.8 Å². The number of rotatable bonds is 4. The fourth-order valence-corrected chi connectivity index (χ4v) is 2.26. The van der Waals surface area contributed by atoms with Crippen LogP contribution in [0.15, 0.2) is 24.3 Å². The van der Waals surface area contributed by atoms with Crippen LogP contribution in [0.1, 0.15) is 24.2 Å². The molecular weight excluding hydrogens is 256 g/mol. The first kappa shape index (κ1) is 14.5.